The van der Waals surface area contributed by atoms with Crippen LogP contribution in [-0.2, 0) is 44.9 Å². The normalized spacial score (nSPS) is 9.48. The van der Waals surface area contributed by atoms with Crippen molar-refractivity contribution in [3.63, 3.8) is 0 Å². The molecule has 0 aromatic heterocycles. The molecule has 0 saturated heterocycles. The SMILES string of the molecule is CCCCCCc1[c-]cccc1CCCCCC.NC(=S)[S-].[Zn+2]. The second kappa shape index (κ2) is 18.3. The van der Waals surface area contributed by atoms with Crippen LogP contribution in [-0.4, -0.2) is 4.32 Å². The molecule has 0 heterocycles. The molecule has 0 radical (unpaired) electrons. The van der Waals surface area contributed by atoms with Gasteiger partial charge in [0.05, 0.1) is 0 Å². The molecule has 1 nitrogen and oxygen atoms in total. The van der Waals surface area contributed by atoms with Gasteiger partial charge in [0.1, 0.15) is 0 Å². The predicted octanol–water partition coefficient (Wildman–Crippen LogP) is 5.51. The van der Waals surface area contributed by atoms with Gasteiger partial charge in [-0.05, 0) is 0 Å². The van der Waals surface area contributed by atoms with Crippen molar-refractivity contribution in [3.8, 4) is 0 Å². The predicted molar refractivity (Wildman–Crippen MR) is 105 cm³/mol. The van der Waals surface area contributed by atoms with Gasteiger partial charge in [0, 0.05) is 0 Å². The number of aryl methyl sites for hydroxylation is 2. The fourth-order valence-electron chi connectivity index (χ4n) is 2.44. The number of benzene rings is 1. The van der Waals surface area contributed by atoms with E-state index in [2.05, 4.69) is 68.7 Å². The Labute approximate surface area is 167 Å². The number of hydrogen-bond donors (Lipinski definition) is 1. The Balaban J connectivity index is 0. The van der Waals surface area contributed by atoms with Gasteiger partial charge in [-0.3, -0.25) is 0 Å². The quantitative estimate of drug-likeness (QED) is 0.184. The maximum atomic E-state index is 4.66. The molecule has 23 heavy (non-hydrogen) atoms. The average Bonchev–Trinajstić information content (AvgIpc) is 2.49. The zero-order valence-electron chi connectivity index (χ0n) is 14.9. The molecule has 4 heteroatoms. The first-order valence-corrected chi connectivity index (χ1v) is 9.38. The van der Waals surface area contributed by atoms with Crippen molar-refractivity contribution in [1.82, 2.24) is 0 Å². The van der Waals surface area contributed by atoms with Gasteiger partial charge in [-0.25, -0.2) is 0 Å². The Hall–Kier alpha value is -0.0466. The van der Waals surface area contributed by atoms with Crippen molar-refractivity contribution in [2.24, 2.45) is 5.73 Å². The van der Waals surface area contributed by atoms with E-state index < -0.39 is 0 Å². The van der Waals surface area contributed by atoms with Gasteiger partial charge in [-0.15, -0.1) is 0 Å². The van der Waals surface area contributed by atoms with Gasteiger partial charge in [0.25, 0.3) is 0 Å². The first-order chi connectivity index (χ1) is 10.6. The van der Waals surface area contributed by atoms with Gasteiger partial charge < -0.3 is 30.6 Å². The molecule has 126 valence electrons. The van der Waals surface area contributed by atoms with Crippen LogP contribution in [0.3, 0.4) is 0 Å². The molecule has 1 aromatic carbocycles. The van der Waals surface area contributed by atoms with Gasteiger partial charge >= 0.3 is 19.5 Å². The van der Waals surface area contributed by atoms with Crippen molar-refractivity contribution in [3.05, 3.63) is 35.4 Å². The summed E-state index contributed by atoms with van der Waals surface area (Å²) < 4.78 is 0.0833. The molecule has 0 aliphatic carbocycles. The van der Waals surface area contributed by atoms with E-state index in [0.29, 0.717) is 0 Å². The third kappa shape index (κ3) is 16.6. The van der Waals surface area contributed by atoms with Crippen LogP contribution in [0.2, 0.25) is 0 Å². The van der Waals surface area contributed by atoms with E-state index in [0.717, 1.165) is 0 Å². The van der Waals surface area contributed by atoms with Gasteiger partial charge in [-0.2, -0.15) is 35.4 Å². The van der Waals surface area contributed by atoms with Crippen molar-refractivity contribution in [2.45, 2.75) is 78.1 Å². The van der Waals surface area contributed by atoms with E-state index in [9.17, 15) is 0 Å². The monoisotopic (exact) mass is 401 g/mol. The minimum absolute atomic E-state index is 0. The fraction of sp³-hybridized carbons (Fsp3) is 0.632. The Morgan fingerprint density at radius 1 is 1.04 bits per heavy atom. The molecule has 1 aromatic rings. The number of thiocarbonyl (C=S) groups is 1. The molecule has 0 bridgehead atoms. The molecular formula is C19H31NS2Zn. The standard InChI is InChI=1S/C18H29.CH3NS2.Zn/c1-3-5-7-9-13-17-15-11-12-16-18(17)14-10-8-6-4-2;2-1(3)4;/h11-12,15H,3-10,13-14H2,1-2H3;(H3,2,3,4);/q-1;;+2/p-1. The average molecular weight is 403 g/mol. The summed E-state index contributed by atoms with van der Waals surface area (Å²) in [5.41, 5.74) is 7.68. The topological polar surface area (TPSA) is 26.0 Å². The summed E-state index contributed by atoms with van der Waals surface area (Å²) in [5.74, 6) is 0. The van der Waals surface area contributed by atoms with E-state index in [4.69, 9.17) is 0 Å². The van der Waals surface area contributed by atoms with E-state index >= 15 is 0 Å². The van der Waals surface area contributed by atoms with Crippen LogP contribution >= 0.6 is 12.2 Å². The van der Waals surface area contributed by atoms with Crippen LogP contribution in [0, 0.1) is 6.07 Å². The zero-order valence-corrected chi connectivity index (χ0v) is 19.5. The maximum absolute atomic E-state index is 4.66. The Bertz CT molecular complexity index is 362. The molecule has 0 atom stereocenters. The van der Waals surface area contributed by atoms with Crippen molar-refractivity contribution < 1.29 is 19.5 Å². The summed E-state index contributed by atoms with van der Waals surface area (Å²) in [7, 11) is 0. The maximum Gasteiger partial charge on any atom is 2.00 e. The fourth-order valence-corrected chi connectivity index (χ4v) is 2.44. The minimum Gasteiger partial charge on any atom is -0.415 e. The van der Waals surface area contributed by atoms with Crippen LogP contribution in [0.1, 0.15) is 76.3 Å². The van der Waals surface area contributed by atoms with Gasteiger partial charge in [0.2, 0.25) is 0 Å². The molecular weight excluding hydrogens is 372 g/mol. The zero-order chi connectivity index (χ0) is 16.6. The molecule has 0 spiro atoms. The van der Waals surface area contributed by atoms with Crippen LogP contribution in [0.5, 0.6) is 0 Å². The van der Waals surface area contributed by atoms with Crippen LogP contribution in [0.25, 0.3) is 0 Å². The van der Waals surface area contributed by atoms with E-state index in [1.807, 2.05) is 0 Å². The van der Waals surface area contributed by atoms with Crippen LogP contribution in [0.4, 0.5) is 0 Å². The van der Waals surface area contributed by atoms with Crippen molar-refractivity contribution >= 4 is 29.2 Å². The third-order valence-corrected chi connectivity index (χ3v) is 3.62. The van der Waals surface area contributed by atoms with E-state index in [-0.39, 0.29) is 23.8 Å². The number of unbranched alkanes of at least 4 members (excludes halogenated alkanes) is 6. The van der Waals surface area contributed by atoms with Crippen molar-refractivity contribution in [1.29, 1.82) is 0 Å². The summed E-state index contributed by atoms with van der Waals surface area (Å²) in [6, 6.07) is 9.98. The first kappa shape index (κ1) is 25.2. The largest absolute Gasteiger partial charge is 2.00 e. The smallest absolute Gasteiger partial charge is 0.415 e. The summed E-state index contributed by atoms with van der Waals surface area (Å²) in [6.07, 6.45) is 13.3. The van der Waals surface area contributed by atoms with Gasteiger partial charge in [-0.1, -0.05) is 82.4 Å². The minimum atomic E-state index is 0. The number of nitrogens with two attached hydrogens (primary N) is 1. The molecule has 1 rings (SSSR count). The molecule has 2 N–H and O–H groups in total. The third-order valence-electron chi connectivity index (χ3n) is 3.62. The van der Waals surface area contributed by atoms with Crippen LogP contribution < -0.4 is 5.73 Å². The summed E-state index contributed by atoms with van der Waals surface area (Å²) in [4.78, 5) is 0. The number of rotatable bonds is 10. The molecule has 0 saturated carbocycles. The van der Waals surface area contributed by atoms with Gasteiger partial charge in [0.15, 0.2) is 0 Å². The number of hydrogen-bond acceptors (Lipinski definition) is 2. The molecule has 0 unspecified atom stereocenters. The van der Waals surface area contributed by atoms with E-state index in [1.54, 1.807) is 5.56 Å². The van der Waals surface area contributed by atoms with E-state index in [1.165, 1.54) is 69.8 Å². The second-order valence-corrected chi connectivity index (χ2v) is 6.75. The Morgan fingerprint density at radius 2 is 1.57 bits per heavy atom. The Morgan fingerprint density at radius 3 is 2.09 bits per heavy atom. The summed E-state index contributed by atoms with van der Waals surface area (Å²) in [5, 5.41) is 0. The molecule has 0 amide bonds. The molecule has 0 aliphatic heterocycles. The van der Waals surface area contributed by atoms with Crippen LogP contribution in [0.15, 0.2) is 18.2 Å². The summed E-state index contributed by atoms with van der Waals surface area (Å²) >= 11 is 8.26. The molecule has 0 fully saturated rings. The Kier molecular flexibility index (Phi) is 20.0. The first-order valence-electron chi connectivity index (χ1n) is 8.56. The molecule has 0 aliphatic rings. The van der Waals surface area contributed by atoms with Crippen molar-refractivity contribution in [2.75, 3.05) is 0 Å². The summed E-state index contributed by atoms with van der Waals surface area (Å²) in [6.45, 7) is 4.54. The second-order valence-electron chi connectivity index (χ2n) is 5.61.